The number of Topliss-reactive ketones (excluding diaryl/α,β-unsaturated/α-hetero) is 1. The largest absolute Gasteiger partial charge is 0.462 e. The molecule has 8 nitrogen and oxygen atoms in total. The molecule has 1 aliphatic heterocycles. The Morgan fingerprint density at radius 1 is 1.00 bits per heavy atom. The summed E-state index contributed by atoms with van der Waals surface area (Å²) in [6, 6.07) is 14.5. The Bertz CT molecular complexity index is 1010. The highest BCUT2D eigenvalue weighted by Crippen LogP contribution is 2.29. The van der Waals surface area contributed by atoms with Crippen LogP contribution in [0.15, 0.2) is 54.6 Å². The number of rotatable bonds is 8. The summed E-state index contributed by atoms with van der Waals surface area (Å²) in [5.74, 6) is -1.84. The van der Waals surface area contributed by atoms with Crippen LogP contribution in [0.25, 0.3) is 0 Å². The SMILES string of the molecule is CCOC(=O)c1ccc(NC(=O)CC2SC(=O)N(CC(=O)c3ccccc3)C2=O)cc1. The molecule has 1 heterocycles. The molecule has 31 heavy (non-hydrogen) atoms. The van der Waals surface area contributed by atoms with E-state index in [9.17, 15) is 24.0 Å². The number of esters is 1. The molecule has 1 aliphatic rings. The monoisotopic (exact) mass is 440 g/mol. The summed E-state index contributed by atoms with van der Waals surface area (Å²) in [6.07, 6.45) is -0.217. The number of thioether (sulfide) groups is 1. The highest BCUT2D eigenvalue weighted by molar-refractivity contribution is 8.15. The van der Waals surface area contributed by atoms with Crippen molar-refractivity contribution in [1.82, 2.24) is 4.90 Å². The van der Waals surface area contributed by atoms with E-state index in [1.54, 1.807) is 49.4 Å². The van der Waals surface area contributed by atoms with Gasteiger partial charge in [-0.15, -0.1) is 0 Å². The van der Waals surface area contributed by atoms with E-state index in [0.29, 0.717) is 16.8 Å². The molecule has 1 fully saturated rings. The molecule has 1 atom stereocenters. The first-order chi connectivity index (χ1) is 14.9. The van der Waals surface area contributed by atoms with E-state index in [0.717, 1.165) is 16.7 Å². The summed E-state index contributed by atoms with van der Waals surface area (Å²) < 4.78 is 4.90. The molecule has 0 radical (unpaired) electrons. The van der Waals surface area contributed by atoms with E-state index >= 15 is 0 Å². The van der Waals surface area contributed by atoms with Crippen molar-refractivity contribution >= 4 is 46.3 Å². The molecule has 2 aromatic carbocycles. The Labute approximate surface area is 182 Å². The van der Waals surface area contributed by atoms with Gasteiger partial charge in [0.05, 0.1) is 18.7 Å². The van der Waals surface area contributed by atoms with Crippen LogP contribution in [0.5, 0.6) is 0 Å². The smallest absolute Gasteiger partial charge is 0.338 e. The lowest BCUT2D eigenvalue weighted by Crippen LogP contribution is -2.36. The Hall–Kier alpha value is -3.46. The molecule has 0 spiro atoms. The fourth-order valence-corrected chi connectivity index (χ4v) is 3.90. The Morgan fingerprint density at radius 2 is 1.68 bits per heavy atom. The average Bonchev–Trinajstić information content (AvgIpc) is 3.02. The number of amides is 3. The zero-order chi connectivity index (χ0) is 22.4. The zero-order valence-electron chi connectivity index (χ0n) is 16.7. The quantitative estimate of drug-likeness (QED) is 0.496. The van der Waals surface area contributed by atoms with Crippen LogP contribution in [-0.4, -0.2) is 52.1 Å². The molecular formula is C22H20N2O6S. The predicted octanol–water partition coefficient (Wildman–Crippen LogP) is 3.14. The molecule has 3 rings (SSSR count). The van der Waals surface area contributed by atoms with Crippen molar-refractivity contribution in [1.29, 1.82) is 0 Å². The van der Waals surface area contributed by atoms with Crippen molar-refractivity contribution in [3.63, 3.8) is 0 Å². The second-order valence-corrected chi connectivity index (χ2v) is 7.79. The summed E-state index contributed by atoms with van der Waals surface area (Å²) >= 11 is 0.733. The van der Waals surface area contributed by atoms with Gasteiger partial charge in [0.2, 0.25) is 11.8 Å². The van der Waals surface area contributed by atoms with Crippen molar-refractivity contribution in [2.75, 3.05) is 18.5 Å². The lowest BCUT2D eigenvalue weighted by Gasteiger charge is -2.13. The molecule has 1 N–H and O–H groups in total. The average molecular weight is 440 g/mol. The minimum absolute atomic E-state index is 0.217. The molecule has 0 saturated carbocycles. The highest BCUT2D eigenvalue weighted by Gasteiger charge is 2.41. The minimum atomic E-state index is -0.894. The number of anilines is 1. The van der Waals surface area contributed by atoms with Crippen molar-refractivity contribution in [3.8, 4) is 0 Å². The van der Waals surface area contributed by atoms with Gasteiger partial charge >= 0.3 is 5.97 Å². The van der Waals surface area contributed by atoms with Crippen molar-refractivity contribution in [3.05, 3.63) is 65.7 Å². The van der Waals surface area contributed by atoms with E-state index < -0.39 is 28.3 Å². The van der Waals surface area contributed by atoms with Gasteiger partial charge in [-0.2, -0.15) is 0 Å². The van der Waals surface area contributed by atoms with Gasteiger partial charge < -0.3 is 10.1 Å². The molecule has 2 aromatic rings. The van der Waals surface area contributed by atoms with E-state index in [1.165, 1.54) is 12.1 Å². The van der Waals surface area contributed by atoms with Gasteiger partial charge in [0, 0.05) is 17.7 Å². The molecule has 3 amide bonds. The number of hydrogen-bond acceptors (Lipinski definition) is 7. The van der Waals surface area contributed by atoms with Gasteiger partial charge in [0.25, 0.3) is 5.24 Å². The second-order valence-electron chi connectivity index (χ2n) is 6.64. The number of benzene rings is 2. The third-order valence-electron chi connectivity index (χ3n) is 4.45. The van der Waals surface area contributed by atoms with Crippen LogP contribution in [0.2, 0.25) is 0 Å². The molecule has 1 unspecified atom stereocenters. The summed E-state index contributed by atoms with van der Waals surface area (Å²) in [5, 5.41) is 1.19. The predicted molar refractivity (Wildman–Crippen MR) is 115 cm³/mol. The summed E-state index contributed by atoms with van der Waals surface area (Å²) in [6.45, 7) is 1.61. The normalized spacial score (nSPS) is 15.6. The van der Waals surface area contributed by atoms with Crippen LogP contribution in [0.1, 0.15) is 34.1 Å². The third kappa shape index (κ3) is 5.58. The molecule has 160 valence electrons. The van der Waals surface area contributed by atoms with E-state index in [-0.39, 0.29) is 25.4 Å². The number of nitrogens with zero attached hydrogens (tertiary/aromatic N) is 1. The van der Waals surface area contributed by atoms with Gasteiger partial charge in [-0.25, -0.2) is 4.79 Å². The van der Waals surface area contributed by atoms with Crippen LogP contribution >= 0.6 is 11.8 Å². The van der Waals surface area contributed by atoms with E-state index in [1.807, 2.05) is 0 Å². The van der Waals surface area contributed by atoms with Crippen molar-refractivity contribution < 1.29 is 28.7 Å². The second kappa shape index (κ2) is 10.0. The summed E-state index contributed by atoms with van der Waals surface area (Å²) in [7, 11) is 0. The van der Waals surface area contributed by atoms with Crippen LogP contribution in [0.3, 0.4) is 0 Å². The first-order valence-corrected chi connectivity index (χ1v) is 10.4. The van der Waals surface area contributed by atoms with E-state index in [2.05, 4.69) is 5.32 Å². The number of ether oxygens (including phenoxy) is 1. The van der Waals surface area contributed by atoms with Crippen LogP contribution < -0.4 is 5.32 Å². The van der Waals surface area contributed by atoms with Gasteiger partial charge in [-0.3, -0.25) is 24.1 Å². The van der Waals surface area contributed by atoms with Crippen LogP contribution in [0.4, 0.5) is 10.5 Å². The van der Waals surface area contributed by atoms with Crippen molar-refractivity contribution in [2.24, 2.45) is 0 Å². The summed E-state index contributed by atoms with van der Waals surface area (Å²) in [5.41, 5.74) is 1.20. The molecule has 0 aromatic heterocycles. The maximum atomic E-state index is 12.6. The van der Waals surface area contributed by atoms with Gasteiger partial charge in [-0.1, -0.05) is 42.1 Å². The van der Waals surface area contributed by atoms with Gasteiger partial charge in [-0.05, 0) is 31.2 Å². The zero-order valence-corrected chi connectivity index (χ0v) is 17.5. The molecule has 0 aliphatic carbocycles. The Balaban J connectivity index is 1.56. The fraction of sp³-hybridized carbons (Fsp3) is 0.227. The minimum Gasteiger partial charge on any atom is -0.462 e. The molecule has 9 heteroatoms. The third-order valence-corrected chi connectivity index (χ3v) is 5.53. The number of hydrogen-bond donors (Lipinski definition) is 1. The Morgan fingerprint density at radius 3 is 2.32 bits per heavy atom. The standard InChI is InChI=1S/C22H20N2O6S/c1-2-30-21(28)15-8-10-16(11-9-15)23-19(26)12-18-20(27)24(22(29)31-18)13-17(25)14-6-4-3-5-7-14/h3-11,18H,2,12-13H2,1H3,(H,23,26). The first-order valence-electron chi connectivity index (χ1n) is 9.56. The lowest BCUT2D eigenvalue weighted by atomic mass is 10.1. The lowest BCUT2D eigenvalue weighted by molar-refractivity contribution is -0.128. The number of ketones is 1. The Kier molecular flexibility index (Phi) is 7.19. The highest BCUT2D eigenvalue weighted by atomic mass is 32.2. The van der Waals surface area contributed by atoms with Crippen LogP contribution in [0, 0.1) is 0 Å². The number of imide groups is 1. The number of carbonyl (C=O) groups excluding carboxylic acids is 5. The fourth-order valence-electron chi connectivity index (χ4n) is 2.91. The maximum absolute atomic E-state index is 12.6. The molecule has 1 saturated heterocycles. The topological polar surface area (TPSA) is 110 Å². The first kappa shape index (κ1) is 22.2. The molecule has 0 bridgehead atoms. The number of nitrogens with one attached hydrogen (secondary N) is 1. The van der Waals surface area contributed by atoms with Gasteiger partial charge in [0.1, 0.15) is 5.25 Å². The number of carbonyl (C=O) groups is 5. The summed E-state index contributed by atoms with van der Waals surface area (Å²) in [4.78, 5) is 61.9. The van der Waals surface area contributed by atoms with Gasteiger partial charge in [0.15, 0.2) is 5.78 Å². The molecular weight excluding hydrogens is 420 g/mol. The van der Waals surface area contributed by atoms with Crippen LogP contribution in [-0.2, 0) is 14.3 Å². The van der Waals surface area contributed by atoms with Crippen molar-refractivity contribution in [2.45, 2.75) is 18.6 Å². The van der Waals surface area contributed by atoms with E-state index in [4.69, 9.17) is 4.74 Å². The maximum Gasteiger partial charge on any atom is 0.338 e.